The lowest BCUT2D eigenvalue weighted by Crippen LogP contribution is -2.11. The lowest BCUT2D eigenvalue weighted by Gasteiger charge is -2.20. The van der Waals surface area contributed by atoms with Crippen molar-refractivity contribution >= 4 is 5.69 Å². The minimum absolute atomic E-state index is 0.105. The third kappa shape index (κ3) is 3.61. The molecule has 1 atom stereocenters. The number of nitrogens with one attached hydrogen (secondary N) is 1. The SMILES string of the molecule is CCc1ccc(C(CC)Nc2ccc(F)cc2C#N)cc1. The fourth-order valence-electron chi connectivity index (χ4n) is 2.33. The first-order valence-electron chi connectivity index (χ1n) is 7.23. The van der Waals surface area contributed by atoms with Crippen molar-refractivity contribution in [3.05, 3.63) is 65.0 Å². The van der Waals surface area contributed by atoms with E-state index in [1.165, 1.54) is 23.3 Å². The molecule has 3 heteroatoms. The van der Waals surface area contributed by atoms with Crippen molar-refractivity contribution in [3.63, 3.8) is 0 Å². The monoisotopic (exact) mass is 282 g/mol. The number of hydrogen-bond acceptors (Lipinski definition) is 2. The molecular formula is C18H19FN2. The summed E-state index contributed by atoms with van der Waals surface area (Å²) in [5, 5.41) is 12.5. The second-order valence-corrected chi connectivity index (χ2v) is 5.00. The molecule has 21 heavy (non-hydrogen) atoms. The van der Waals surface area contributed by atoms with Gasteiger partial charge in [-0.15, -0.1) is 0 Å². The highest BCUT2D eigenvalue weighted by Gasteiger charge is 2.12. The van der Waals surface area contributed by atoms with Crippen LogP contribution in [0.1, 0.15) is 43.0 Å². The number of nitrogens with zero attached hydrogens (tertiary/aromatic N) is 1. The molecule has 2 aromatic carbocycles. The maximum atomic E-state index is 13.2. The number of nitriles is 1. The van der Waals surface area contributed by atoms with Crippen LogP contribution in [0.5, 0.6) is 0 Å². The van der Waals surface area contributed by atoms with Crippen LogP contribution in [0.3, 0.4) is 0 Å². The maximum Gasteiger partial charge on any atom is 0.124 e. The van der Waals surface area contributed by atoms with Crippen LogP contribution in [0.4, 0.5) is 10.1 Å². The van der Waals surface area contributed by atoms with Gasteiger partial charge in [0.15, 0.2) is 0 Å². The van der Waals surface area contributed by atoms with Gasteiger partial charge in [-0.25, -0.2) is 4.39 Å². The third-order valence-electron chi connectivity index (χ3n) is 3.63. The number of halogens is 1. The Hall–Kier alpha value is -2.34. The third-order valence-corrected chi connectivity index (χ3v) is 3.63. The molecular weight excluding hydrogens is 263 g/mol. The zero-order chi connectivity index (χ0) is 15.2. The van der Waals surface area contributed by atoms with Crippen molar-refractivity contribution < 1.29 is 4.39 Å². The highest BCUT2D eigenvalue weighted by atomic mass is 19.1. The van der Waals surface area contributed by atoms with Crippen molar-refractivity contribution in [2.24, 2.45) is 0 Å². The molecule has 0 aliphatic carbocycles. The summed E-state index contributed by atoms with van der Waals surface area (Å²) in [5.74, 6) is -0.391. The summed E-state index contributed by atoms with van der Waals surface area (Å²) in [6, 6.07) is 14.8. The van der Waals surface area contributed by atoms with Crippen molar-refractivity contribution in [1.29, 1.82) is 5.26 Å². The molecule has 2 aromatic rings. The lowest BCUT2D eigenvalue weighted by molar-refractivity contribution is 0.627. The van der Waals surface area contributed by atoms with E-state index in [9.17, 15) is 4.39 Å². The number of benzene rings is 2. The van der Waals surface area contributed by atoms with Gasteiger partial charge in [0.2, 0.25) is 0 Å². The molecule has 1 N–H and O–H groups in total. The zero-order valence-corrected chi connectivity index (χ0v) is 12.4. The number of aryl methyl sites for hydroxylation is 1. The van der Waals surface area contributed by atoms with Crippen molar-refractivity contribution in [1.82, 2.24) is 0 Å². The maximum absolute atomic E-state index is 13.2. The van der Waals surface area contributed by atoms with Crippen LogP contribution < -0.4 is 5.32 Å². The zero-order valence-electron chi connectivity index (χ0n) is 12.4. The lowest BCUT2D eigenvalue weighted by atomic mass is 10.0. The Bertz CT molecular complexity index is 641. The minimum Gasteiger partial charge on any atom is -0.377 e. The second-order valence-electron chi connectivity index (χ2n) is 5.00. The first-order valence-corrected chi connectivity index (χ1v) is 7.23. The van der Waals surface area contributed by atoms with Crippen LogP contribution in [0.15, 0.2) is 42.5 Å². The topological polar surface area (TPSA) is 35.8 Å². The summed E-state index contributed by atoms with van der Waals surface area (Å²) in [6.45, 7) is 4.21. The van der Waals surface area contributed by atoms with E-state index in [0.717, 1.165) is 12.8 Å². The highest BCUT2D eigenvalue weighted by Crippen LogP contribution is 2.25. The van der Waals surface area contributed by atoms with Crippen LogP contribution in [0, 0.1) is 17.1 Å². The van der Waals surface area contributed by atoms with E-state index in [-0.39, 0.29) is 6.04 Å². The largest absolute Gasteiger partial charge is 0.377 e. The van der Waals surface area contributed by atoms with E-state index in [2.05, 4.69) is 43.4 Å². The fraction of sp³-hybridized carbons (Fsp3) is 0.278. The molecule has 1 unspecified atom stereocenters. The van der Waals surface area contributed by atoms with Gasteiger partial charge < -0.3 is 5.32 Å². The molecule has 0 spiro atoms. The Labute approximate surface area is 125 Å². The predicted molar refractivity (Wildman–Crippen MR) is 83.6 cm³/mol. The summed E-state index contributed by atoms with van der Waals surface area (Å²) >= 11 is 0. The fourth-order valence-corrected chi connectivity index (χ4v) is 2.33. The van der Waals surface area contributed by atoms with Gasteiger partial charge in [0.25, 0.3) is 0 Å². The first kappa shape index (κ1) is 15.1. The molecule has 0 aliphatic rings. The summed E-state index contributed by atoms with van der Waals surface area (Å²) in [7, 11) is 0. The predicted octanol–water partition coefficient (Wildman–Crippen LogP) is 4.82. The van der Waals surface area contributed by atoms with E-state index < -0.39 is 5.82 Å². The van der Waals surface area contributed by atoms with Gasteiger partial charge in [0, 0.05) is 0 Å². The smallest absolute Gasteiger partial charge is 0.124 e. The van der Waals surface area contributed by atoms with Gasteiger partial charge in [-0.05, 0) is 42.2 Å². The van der Waals surface area contributed by atoms with Crippen LogP contribution in [-0.2, 0) is 6.42 Å². The average molecular weight is 282 g/mol. The van der Waals surface area contributed by atoms with E-state index in [4.69, 9.17) is 5.26 Å². The van der Waals surface area contributed by atoms with Gasteiger partial charge in [0.05, 0.1) is 17.3 Å². The molecule has 0 amide bonds. The van der Waals surface area contributed by atoms with Crippen molar-refractivity contribution in [2.75, 3.05) is 5.32 Å². The number of anilines is 1. The molecule has 0 saturated carbocycles. The number of hydrogen-bond donors (Lipinski definition) is 1. The van der Waals surface area contributed by atoms with Gasteiger partial charge >= 0.3 is 0 Å². The van der Waals surface area contributed by atoms with Gasteiger partial charge in [0.1, 0.15) is 11.9 Å². The molecule has 0 heterocycles. The standard InChI is InChI=1S/C18H19FN2/c1-3-13-5-7-14(8-6-13)17(4-2)21-18-10-9-16(19)11-15(18)12-20/h5-11,17,21H,3-4H2,1-2H3. The Morgan fingerprint density at radius 1 is 1.14 bits per heavy atom. The van der Waals surface area contributed by atoms with Crippen molar-refractivity contribution in [2.45, 2.75) is 32.7 Å². The van der Waals surface area contributed by atoms with Gasteiger partial charge in [-0.3, -0.25) is 0 Å². The van der Waals surface area contributed by atoms with Gasteiger partial charge in [-0.2, -0.15) is 5.26 Å². The molecule has 0 aromatic heterocycles. The molecule has 0 radical (unpaired) electrons. The summed E-state index contributed by atoms with van der Waals surface area (Å²) in [4.78, 5) is 0. The van der Waals surface area contributed by atoms with Gasteiger partial charge in [-0.1, -0.05) is 38.1 Å². The number of rotatable bonds is 5. The highest BCUT2D eigenvalue weighted by molar-refractivity contribution is 5.58. The quantitative estimate of drug-likeness (QED) is 0.853. The summed E-state index contributed by atoms with van der Waals surface area (Å²) in [5.41, 5.74) is 3.47. The first-order chi connectivity index (χ1) is 10.2. The Kier molecular flexibility index (Phi) is 4.94. The summed E-state index contributed by atoms with van der Waals surface area (Å²) in [6.07, 6.45) is 1.90. The molecule has 0 aliphatic heterocycles. The Morgan fingerprint density at radius 3 is 2.43 bits per heavy atom. The Morgan fingerprint density at radius 2 is 1.86 bits per heavy atom. The normalized spacial score (nSPS) is 11.7. The minimum atomic E-state index is -0.391. The van der Waals surface area contributed by atoms with Crippen LogP contribution in [-0.4, -0.2) is 0 Å². The van der Waals surface area contributed by atoms with E-state index >= 15 is 0 Å². The average Bonchev–Trinajstić information content (AvgIpc) is 2.53. The molecule has 0 saturated heterocycles. The molecule has 0 bridgehead atoms. The Balaban J connectivity index is 2.24. The summed E-state index contributed by atoms with van der Waals surface area (Å²) < 4.78 is 13.2. The molecule has 0 fully saturated rings. The van der Waals surface area contributed by atoms with E-state index in [1.54, 1.807) is 6.07 Å². The molecule has 108 valence electrons. The van der Waals surface area contributed by atoms with E-state index in [1.807, 2.05) is 6.07 Å². The van der Waals surface area contributed by atoms with Crippen LogP contribution >= 0.6 is 0 Å². The van der Waals surface area contributed by atoms with Crippen molar-refractivity contribution in [3.8, 4) is 6.07 Å². The molecule has 2 rings (SSSR count). The van der Waals surface area contributed by atoms with Crippen LogP contribution in [0.2, 0.25) is 0 Å². The van der Waals surface area contributed by atoms with E-state index in [0.29, 0.717) is 11.3 Å². The second kappa shape index (κ2) is 6.90. The van der Waals surface area contributed by atoms with Crippen LogP contribution in [0.25, 0.3) is 0 Å². The molecule has 2 nitrogen and oxygen atoms in total.